The fourth-order valence-electron chi connectivity index (χ4n) is 6.98. The Hall–Kier alpha value is -4.25. The molecule has 1 heterocycles. The number of nitrogens with zero attached hydrogens (tertiary/aromatic N) is 3. The molecule has 0 aliphatic heterocycles. The summed E-state index contributed by atoms with van der Waals surface area (Å²) < 4.78 is 33.5. The number of aliphatic hydroxyl groups is 3. The van der Waals surface area contributed by atoms with Crippen LogP contribution in [0.15, 0.2) is 32.4 Å². The number of nitrogens with two attached hydrogens (primary N) is 1. The number of ketones is 2. The number of aromatic nitrogens is 1. The summed E-state index contributed by atoms with van der Waals surface area (Å²) >= 11 is 0. The lowest BCUT2D eigenvalue weighted by molar-refractivity contribution is -0.153. The lowest BCUT2D eigenvalue weighted by atomic mass is 9.57. The summed E-state index contributed by atoms with van der Waals surface area (Å²) in [6.45, 7) is 2.49. The van der Waals surface area contributed by atoms with Gasteiger partial charge < -0.3 is 35.6 Å². The molecule has 1 amide bonds. The molecule has 45 heavy (non-hydrogen) atoms. The van der Waals surface area contributed by atoms with Gasteiger partial charge in [-0.05, 0) is 58.3 Å². The molecule has 7 N–H and O–H groups in total. The Labute approximate surface area is 258 Å². The maximum Gasteiger partial charge on any atom is 0.255 e. The molecule has 1 saturated carbocycles. The SMILES string of the molecule is Cc1noc(C)c1S(=O)(=O)NCc1cc(N(C)C)c2c(c1O)C(O)=C1C(=O)C3(O)C(O)=C(C(N)=O)C(=O)C(N(C)C)C3CC1C2. The predicted molar refractivity (Wildman–Crippen MR) is 159 cm³/mol. The van der Waals surface area contributed by atoms with Crippen LogP contribution < -0.4 is 15.4 Å². The van der Waals surface area contributed by atoms with E-state index in [1.165, 1.54) is 32.8 Å². The Balaban J connectivity index is 1.66. The number of carbonyl (C=O) groups excluding carboxylic acids is 3. The number of likely N-dealkylation sites (N-methyl/N-ethyl adjacent to an activating group) is 1. The molecule has 1 aromatic heterocycles. The first-order chi connectivity index (χ1) is 20.9. The van der Waals surface area contributed by atoms with Crippen molar-refractivity contribution in [2.75, 3.05) is 33.1 Å². The van der Waals surface area contributed by atoms with Crippen molar-refractivity contribution < 1.29 is 47.8 Å². The van der Waals surface area contributed by atoms with E-state index in [1.54, 1.807) is 25.1 Å². The third-order valence-corrected chi connectivity index (χ3v) is 10.6. The van der Waals surface area contributed by atoms with Crippen LogP contribution in [0.2, 0.25) is 0 Å². The second-order valence-corrected chi connectivity index (χ2v) is 13.8. The summed E-state index contributed by atoms with van der Waals surface area (Å²) in [6, 6.07) is 0.362. The minimum Gasteiger partial charge on any atom is -0.508 e. The third-order valence-electron chi connectivity index (χ3n) is 8.95. The number of Topliss-reactive ketones (excluding diaryl/α,β-unsaturated/α-hetero) is 2. The van der Waals surface area contributed by atoms with E-state index in [9.17, 15) is 43.2 Å². The first kappa shape index (κ1) is 32.2. The van der Waals surface area contributed by atoms with E-state index in [0.717, 1.165) is 0 Å². The fraction of sp³-hybridized carbons (Fsp3) is 0.448. The molecule has 15 nitrogen and oxygen atoms in total. The molecule has 0 radical (unpaired) electrons. The van der Waals surface area contributed by atoms with Gasteiger partial charge in [-0.1, -0.05) is 5.16 Å². The van der Waals surface area contributed by atoms with Crippen molar-refractivity contribution in [1.29, 1.82) is 0 Å². The van der Waals surface area contributed by atoms with Gasteiger partial charge in [-0.25, -0.2) is 13.1 Å². The van der Waals surface area contributed by atoms with E-state index in [0.29, 0.717) is 11.3 Å². The normalized spacial score (nSPS) is 24.9. The van der Waals surface area contributed by atoms with Gasteiger partial charge in [0.25, 0.3) is 5.91 Å². The zero-order valence-corrected chi connectivity index (χ0v) is 26.3. The maximum atomic E-state index is 14.1. The van der Waals surface area contributed by atoms with Crippen LogP contribution in [0.25, 0.3) is 5.76 Å². The summed E-state index contributed by atoms with van der Waals surface area (Å²) in [4.78, 5) is 42.6. The van der Waals surface area contributed by atoms with Gasteiger partial charge in [-0.3, -0.25) is 19.3 Å². The number of fused-ring (bicyclic) bond motifs is 3. The number of carbonyl (C=O) groups is 3. The highest BCUT2D eigenvalue weighted by Gasteiger charge is 2.64. The highest BCUT2D eigenvalue weighted by atomic mass is 32.2. The van der Waals surface area contributed by atoms with Crippen LogP contribution in [0.3, 0.4) is 0 Å². The molecule has 1 aromatic carbocycles. The lowest BCUT2D eigenvalue weighted by Crippen LogP contribution is -2.65. The van der Waals surface area contributed by atoms with E-state index in [-0.39, 0.29) is 45.9 Å². The van der Waals surface area contributed by atoms with Crippen LogP contribution in [0.4, 0.5) is 5.69 Å². The molecule has 1 fully saturated rings. The second kappa shape index (κ2) is 10.7. The smallest absolute Gasteiger partial charge is 0.255 e. The summed E-state index contributed by atoms with van der Waals surface area (Å²) in [6.07, 6.45) is 0.0269. The second-order valence-electron chi connectivity index (χ2n) is 12.1. The van der Waals surface area contributed by atoms with Crippen LogP contribution >= 0.6 is 0 Å². The Bertz CT molecular complexity index is 1820. The van der Waals surface area contributed by atoms with E-state index in [1.807, 2.05) is 0 Å². The molecule has 5 rings (SSSR count). The van der Waals surface area contributed by atoms with E-state index in [2.05, 4.69) is 9.88 Å². The van der Waals surface area contributed by atoms with Gasteiger partial charge in [-0.15, -0.1) is 0 Å². The number of aromatic hydroxyl groups is 1. The quantitative estimate of drug-likeness (QED) is 0.220. The maximum absolute atomic E-state index is 14.1. The molecule has 4 atom stereocenters. The monoisotopic (exact) mass is 645 g/mol. The lowest BCUT2D eigenvalue weighted by Gasteiger charge is -2.50. The molecule has 3 aliphatic carbocycles. The van der Waals surface area contributed by atoms with Crippen molar-refractivity contribution in [3.05, 3.63) is 51.1 Å². The number of aryl methyl sites for hydroxylation is 2. The van der Waals surface area contributed by atoms with E-state index in [4.69, 9.17) is 10.3 Å². The Kier molecular flexibility index (Phi) is 7.63. The largest absolute Gasteiger partial charge is 0.508 e. The van der Waals surface area contributed by atoms with Crippen molar-refractivity contribution in [3.8, 4) is 5.75 Å². The van der Waals surface area contributed by atoms with Crippen molar-refractivity contribution in [1.82, 2.24) is 14.8 Å². The van der Waals surface area contributed by atoms with Gasteiger partial charge in [0.05, 0.1) is 11.6 Å². The third kappa shape index (κ3) is 4.62. The number of nitrogens with one attached hydrogen (secondary N) is 1. The average Bonchev–Trinajstić information content (AvgIpc) is 3.28. The highest BCUT2D eigenvalue weighted by Crippen LogP contribution is 2.54. The number of aliphatic hydroxyl groups excluding tert-OH is 2. The summed E-state index contributed by atoms with van der Waals surface area (Å²) in [7, 11) is 2.33. The summed E-state index contributed by atoms with van der Waals surface area (Å²) in [5.41, 5.74) is 2.40. The zero-order valence-electron chi connectivity index (χ0n) is 25.5. The van der Waals surface area contributed by atoms with Crippen LogP contribution in [-0.2, 0) is 37.4 Å². The first-order valence-corrected chi connectivity index (χ1v) is 15.5. The molecule has 16 heteroatoms. The van der Waals surface area contributed by atoms with Crippen LogP contribution in [0, 0.1) is 25.7 Å². The molecule has 3 aliphatic rings. The zero-order chi connectivity index (χ0) is 33.5. The fourth-order valence-corrected chi connectivity index (χ4v) is 8.31. The van der Waals surface area contributed by atoms with Gasteiger partial charge in [0, 0.05) is 43.4 Å². The van der Waals surface area contributed by atoms with Gasteiger partial charge in [0.1, 0.15) is 33.4 Å². The minimum absolute atomic E-state index is 0.0572. The molecule has 4 unspecified atom stereocenters. The standard InChI is InChI=1S/C29H35N5O10S/c1-11-25(12(2)44-32-11)45(42,43)31-10-14-9-17(33(3)4)15-7-13-8-16-21(34(5)6)24(37)20(28(30)40)27(39)29(16,41)26(38)18(13)23(36)19(15)22(14)35/h9,13,16,21,31,35-36,39,41H,7-8,10H2,1-6H3,(H2,30,40). The number of anilines is 1. The Morgan fingerprint density at radius 2 is 1.82 bits per heavy atom. The van der Waals surface area contributed by atoms with E-state index >= 15 is 0 Å². The molecular weight excluding hydrogens is 610 g/mol. The molecule has 242 valence electrons. The summed E-state index contributed by atoms with van der Waals surface area (Å²) in [5, 5.41) is 49.5. The topological polar surface area (TPSA) is 237 Å². The van der Waals surface area contributed by atoms with Gasteiger partial charge in [0.2, 0.25) is 15.8 Å². The number of hydrogen-bond acceptors (Lipinski definition) is 13. The average molecular weight is 646 g/mol. The summed E-state index contributed by atoms with van der Waals surface area (Å²) in [5.74, 6) is -7.56. The predicted octanol–water partition coefficient (Wildman–Crippen LogP) is 0.113. The Morgan fingerprint density at radius 3 is 2.36 bits per heavy atom. The Morgan fingerprint density at radius 1 is 1.18 bits per heavy atom. The minimum atomic E-state index is -4.14. The molecule has 0 spiro atoms. The van der Waals surface area contributed by atoms with Crippen LogP contribution in [0.1, 0.15) is 34.6 Å². The van der Waals surface area contributed by atoms with Crippen molar-refractivity contribution in [2.45, 2.75) is 49.8 Å². The molecule has 0 bridgehead atoms. The van der Waals surface area contributed by atoms with Gasteiger partial charge in [0.15, 0.2) is 17.1 Å². The highest BCUT2D eigenvalue weighted by molar-refractivity contribution is 7.89. The number of phenols is 1. The first-order valence-electron chi connectivity index (χ1n) is 14.0. The molecule has 0 saturated heterocycles. The number of amides is 1. The number of benzene rings is 1. The molecular formula is C29H35N5O10S. The van der Waals surface area contributed by atoms with E-state index < -0.39 is 80.4 Å². The number of phenolic OH excluding ortho intramolecular Hbond substituents is 1. The number of primary amides is 1. The van der Waals surface area contributed by atoms with Crippen LogP contribution in [0.5, 0.6) is 5.75 Å². The number of hydrogen-bond donors (Lipinski definition) is 6. The van der Waals surface area contributed by atoms with Crippen molar-refractivity contribution in [2.24, 2.45) is 17.6 Å². The molecule has 2 aromatic rings. The van der Waals surface area contributed by atoms with Crippen molar-refractivity contribution in [3.63, 3.8) is 0 Å². The van der Waals surface area contributed by atoms with Crippen molar-refractivity contribution >= 4 is 38.9 Å². The number of sulfonamides is 1. The van der Waals surface area contributed by atoms with Gasteiger partial charge >= 0.3 is 0 Å². The van der Waals surface area contributed by atoms with Gasteiger partial charge in [-0.2, -0.15) is 0 Å². The number of rotatable bonds is 7. The van der Waals surface area contributed by atoms with Crippen LogP contribution in [-0.4, -0.2) is 96.2 Å².